The molecule has 0 fully saturated rings. The van der Waals surface area contributed by atoms with Crippen LogP contribution in [0, 0.1) is 0 Å². The molecule has 0 radical (unpaired) electrons. The Balaban J connectivity index is 2.10. The van der Waals surface area contributed by atoms with E-state index in [1.807, 2.05) is 30.3 Å². The Hall–Kier alpha value is -2.37. The lowest BCUT2D eigenvalue weighted by Gasteiger charge is -2.04. The number of aryl methyl sites for hydroxylation is 1. The van der Waals surface area contributed by atoms with Crippen molar-refractivity contribution in [2.75, 3.05) is 6.61 Å². The smallest absolute Gasteiger partial charge is 0.364 e. The molecule has 0 saturated heterocycles. The Morgan fingerprint density at radius 2 is 2.00 bits per heavy atom. The number of carbonyl (C=O) groups is 1. The predicted molar refractivity (Wildman–Crippen MR) is 67.7 cm³/mol. The van der Waals surface area contributed by atoms with Crippen molar-refractivity contribution in [1.29, 1.82) is 0 Å². The van der Waals surface area contributed by atoms with Crippen LogP contribution in [0.3, 0.4) is 0 Å². The van der Waals surface area contributed by atoms with Crippen molar-refractivity contribution in [2.24, 2.45) is 7.05 Å². The lowest BCUT2D eigenvalue weighted by Crippen LogP contribution is -2.08. The van der Waals surface area contributed by atoms with Crippen LogP contribution in [-0.4, -0.2) is 27.6 Å². The molecule has 6 nitrogen and oxygen atoms in total. The molecule has 0 saturated carbocycles. The van der Waals surface area contributed by atoms with Gasteiger partial charge in [0.05, 0.1) is 6.61 Å². The van der Waals surface area contributed by atoms with E-state index in [4.69, 9.17) is 9.47 Å². The Morgan fingerprint density at radius 3 is 2.68 bits per heavy atom. The molecule has 0 spiro atoms. The average molecular weight is 261 g/mol. The molecule has 0 N–H and O–H groups in total. The predicted octanol–water partition coefficient (Wildman–Crippen LogP) is 1.57. The highest BCUT2D eigenvalue weighted by Gasteiger charge is 2.20. The lowest BCUT2D eigenvalue weighted by atomic mass is 10.2. The summed E-state index contributed by atoms with van der Waals surface area (Å²) >= 11 is 0. The minimum atomic E-state index is -0.529. The van der Waals surface area contributed by atoms with Crippen LogP contribution in [0.1, 0.15) is 23.0 Å². The monoisotopic (exact) mass is 261 g/mol. The maximum atomic E-state index is 11.7. The number of hydrogen-bond donors (Lipinski definition) is 0. The zero-order chi connectivity index (χ0) is 13.7. The fourth-order valence-electron chi connectivity index (χ4n) is 1.54. The second kappa shape index (κ2) is 5.99. The third-order valence-electron chi connectivity index (χ3n) is 2.37. The van der Waals surface area contributed by atoms with Crippen molar-refractivity contribution < 1.29 is 14.3 Å². The van der Waals surface area contributed by atoms with E-state index < -0.39 is 5.97 Å². The van der Waals surface area contributed by atoms with Gasteiger partial charge in [0.25, 0.3) is 5.88 Å². The van der Waals surface area contributed by atoms with Crippen LogP contribution < -0.4 is 4.74 Å². The zero-order valence-corrected chi connectivity index (χ0v) is 10.9. The standard InChI is InChI=1S/C13H15N3O3/c1-3-18-13(17)11-12(15-16(2)14-11)19-9-10-7-5-4-6-8-10/h4-8H,3,9H2,1-2H3. The van der Waals surface area contributed by atoms with Crippen LogP contribution in [0.2, 0.25) is 0 Å². The van der Waals surface area contributed by atoms with Crippen molar-refractivity contribution in [2.45, 2.75) is 13.5 Å². The van der Waals surface area contributed by atoms with Crippen molar-refractivity contribution in [3.05, 3.63) is 41.6 Å². The molecule has 0 bridgehead atoms. The lowest BCUT2D eigenvalue weighted by molar-refractivity contribution is 0.0513. The van der Waals surface area contributed by atoms with Gasteiger partial charge in [-0.2, -0.15) is 4.80 Å². The molecular weight excluding hydrogens is 246 g/mol. The highest BCUT2D eigenvalue weighted by Crippen LogP contribution is 2.15. The zero-order valence-electron chi connectivity index (χ0n) is 10.9. The fourth-order valence-corrected chi connectivity index (χ4v) is 1.54. The van der Waals surface area contributed by atoms with Crippen LogP contribution in [0.5, 0.6) is 5.88 Å². The first-order chi connectivity index (χ1) is 9.20. The first kappa shape index (κ1) is 13.1. The molecule has 2 aromatic rings. The second-order valence-electron chi connectivity index (χ2n) is 3.84. The van der Waals surface area contributed by atoms with Crippen molar-refractivity contribution in [1.82, 2.24) is 15.0 Å². The minimum absolute atomic E-state index is 0.0975. The van der Waals surface area contributed by atoms with E-state index in [1.54, 1.807) is 14.0 Å². The van der Waals surface area contributed by atoms with Gasteiger partial charge >= 0.3 is 5.97 Å². The van der Waals surface area contributed by atoms with Crippen molar-refractivity contribution in [3.8, 4) is 5.88 Å². The Labute approximate surface area is 110 Å². The number of benzene rings is 1. The van der Waals surface area contributed by atoms with Gasteiger partial charge in [-0.05, 0) is 12.5 Å². The van der Waals surface area contributed by atoms with E-state index in [-0.39, 0.29) is 18.2 Å². The van der Waals surface area contributed by atoms with E-state index in [0.717, 1.165) is 5.56 Å². The quantitative estimate of drug-likeness (QED) is 0.764. The summed E-state index contributed by atoms with van der Waals surface area (Å²) in [4.78, 5) is 13.0. The number of esters is 1. The van der Waals surface area contributed by atoms with E-state index in [1.165, 1.54) is 4.80 Å². The first-order valence-electron chi connectivity index (χ1n) is 5.96. The molecule has 1 aromatic heterocycles. The molecule has 0 aliphatic heterocycles. The molecule has 6 heteroatoms. The fraction of sp³-hybridized carbons (Fsp3) is 0.308. The second-order valence-corrected chi connectivity index (χ2v) is 3.84. The highest BCUT2D eigenvalue weighted by atomic mass is 16.5. The minimum Gasteiger partial charge on any atom is -0.470 e. The molecule has 100 valence electrons. The third-order valence-corrected chi connectivity index (χ3v) is 2.37. The largest absolute Gasteiger partial charge is 0.470 e. The van der Waals surface area contributed by atoms with Crippen molar-refractivity contribution in [3.63, 3.8) is 0 Å². The molecule has 19 heavy (non-hydrogen) atoms. The highest BCUT2D eigenvalue weighted by molar-refractivity contribution is 5.89. The molecule has 0 amide bonds. The number of nitrogens with zero attached hydrogens (tertiary/aromatic N) is 3. The van der Waals surface area contributed by atoms with Crippen LogP contribution in [0.25, 0.3) is 0 Å². The third kappa shape index (κ3) is 3.31. The molecule has 1 heterocycles. The molecule has 0 aliphatic carbocycles. The molecule has 2 rings (SSSR count). The van der Waals surface area contributed by atoms with Gasteiger partial charge in [-0.25, -0.2) is 4.79 Å². The number of aromatic nitrogens is 3. The van der Waals surface area contributed by atoms with Gasteiger partial charge in [0.2, 0.25) is 5.69 Å². The van der Waals surface area contributed by atoms with Crippen LogP contribution in [-0.2, 0) is 18.4 Å². The average Bonchev–Trinajstić information content (AvgIpc) is 2.79. The number of carbonyl (C=O) groups excluding carboxylic acids is 1. The van der Waals surface area contributed by atoms with E-state index >= 15 is 0 Å². The van der Waals surface area contributed by atoms with E-state index in [0.29, 0.717) is 6.61 Å². The van der Waals surface area contributed by atoms with Gasteiger partial charge in [-0.1, -0.05) is 30.3 Å². The summed E-state index contributed by atoms with van der Waals surface area (Å²) in [6.07, 6.45) is 0. The molecule has 0 aliphatic rings. The number of hydrogen-bond acceptors (Lipinski definition) is 5. The number of ether oxygens (including phenoxy) is 2. The van der Waals surface area contributed by atoms with Crippen LogP contribution in [0.4, 0.5) is 0 Å². The molecule has 0 unspecified atom stereocenters. The van der Waals surface area contributed by atoms with E-state index in [2.05, 4.69) is 10.2 Å². The summed E-state index contributed by atoms with van der Waals surface area (Å²) < 4.78 is 10.4. The maximum absolute atomic E-state index is 11.7. The summed E-state index contributed by atoms with van der Waals surface area (Å²) in [5, 5.41) is 7.96. The molecular formula is C13H15N3O3. The maximum Gasteiger partial charge on any atom is 0.364 e. The number of rotatable bonds is 5. The van der Waals surface area contributed by atoms with Crippen LogP contribution in [0.15, 0.2) is 30.3 Å². The van der Waals surface area contributed by atoms with Gasteiger partial charge in [0.1, 0.15) is 6.61 Å². The summed E-state index contributed by atoms with van der Waals surface area (Å²) in [7, 11) is 1.62. The SMILES string of the molecule is CCOC(=O)c1nn(C)nc1OCc1ccccc1. The topological polar surface area (TPSA) is 66.2 Å². The van der Waals surface area contributed by atoms with Crippen LogP contribution >= 0.6 is 0 Å². The summed E-state index contributed by atoms with van der Waals surface area (Å²) in [5.41, 5.74) is 1.09. The molecule has 0 atom stereocenters. The van der Waals surface area contributed by atoms with Gasteiger partial charge < -0.3 is 9.47 Å². The van der Waals surface area contributed by atoms with E-state index in [9.17, 15) is 4.79 Å². The van der Waals surface area contributed by atoms with Gasteiger partial charge in [0, 0.05) is 7.05 Å². The normalized spacial score (nSPS) is 10.2. The summed E-state index contributed by atoms with van der Waals surface area (Å²) in [5.74, 6) is -0.344. The van der Waals surface area contributed by atoms with Gasteiger partial charge in [-0.3, -0.25) is 0 Å². The Kier molecular flexibility index (Phi) is 4.12. The van der Waals surface area contributed by atoms with Gasteiger partial charge in [0.15, 0.2) is 0 Å². The summed E-state index contributed by atoms with van der Waals surface area (Å²) in [6, 6.07) is 9.62. The van der Waals surface area contributed by atoms with Gasteiger partial charge in [-0.15, -0.1) is 10.2 Å². The Morgan fingerprint density at radius 1 is 1.26 bits per heavy atom. The van der Waals surface area contributed by atoms with Crippen molar-refractivity contribution >= 4 is 5.97 Å². The summed E-state index contributed by atoms with van der Waals surface area (Å²) in [6.45, 7) is 2.35. The Bertz CT molecular complexity index is 552. The first-order valence-corrected chi connectivity index (χ1v) is 5.96. The molecule has 1 aromatic carbocycles.